The van der Waals surface area contributed by atoms with Gasteiger partial charge in [-0.3, -0.25) is 0 Å². The lowest BCUT2D eigenvalue weighted by Crippen LogP contribution is -1.82. The average molecular weight is 259 g/mol. The van der Waals surface area contributed by atoms with E-state index in [-0.39, 0.29) is 0 Å². The fourth-order valence-corrected chi connectivity index (χ4v) is 2.20. The van der Waals surface area contributed by atoms with Crippen LogP contribution < -0.4 is 0 Å². The van der Waals surface area contributed by atoms with Crippen LogP contribution in [0.3, 0.4) is 0 Å². The Balaban J connectivity index is 2.16. The molecule has 3 rings (SSSR count). The van der Waals surface area contributed by atoms with Crippen molar-refractivity contribution in [2.75, 3.05) is 0 Å². The minimum absolute atomic E-state index is 0.677. The monoisotopic (exact) mass is 259 g/mol. The van der Waals surface area contributed by atoms with Gasteiger partial charge in [0.05, 0.1) is 6.07 Å². The number of benzene rings is 1. The summed E-state index contributed by atoms with van der Waals surface area (Å²) >= 11 is 0. The van der Waals surface area contributed by atoms with Crippen molar-refractivity contribution in [3.05, 3.63) is 59.9 Å². The molecule has 3 heteroatoms. The molecule has 1 N–H and O–H groups in total. The lowest BCUT2D eigenvalue weighted by molar-refractivity contribution is 1.32. The van der Waals surface area contributed by atoms with Crippen molar-refractivity contribution < 1.29 is 0 Å². The first-order chi connectivity index (χ1) is 9.78. The first-order valence-corrected chi connectivity index (χ1v) is 6.39. The van der Waals surface area contributed by atoms with Crippen LogP contribution in [0.5, 0.6) is 0 Å². The summed E-state index contributed by atoms with van der Waals surface area (Å²) in [6.45, 7) is 1.80. The molecule has 2 heterocycles. The highest BCUT2D eigenvalue weighted by atomic mass is 14.8. The molecule has 20 heavy (non-hydrogen) atoms. The number of pyridine rings is 1. The number of nitrogens with one attached hydrogen (secondary N) is 1. The second-order valence-electron chi connectivity index (χ2n) is 4.67. The molecule has 0 saturated heterocycles. The van der Waals surface area contributed by atoms with Crippen LogP contribution in [-0.2, 0) is 0 Å². The van der Waals surface area contributed by atoms with Crippen LogP contribution in [0.1, 0.15) is 12.5 Å². The van der Waals surface area contributed by atoms with E-state index in [0.717, 1.165) is 27.7 Å². The molecule has 1 aromatic carbocycles. The van der Waals surface area contributed by atoms with Crippen LogP contribution in [0.25, 0.3) is 28.2 Å². The van der Waals surface area contributed by atoms with Crippen LogP contribution in [0.4, 0.5) is 0 Å². The second-order valence-corrected chi connectivity index (χ2v) is 4.67. The van der Waals surface area contributed by atoms with E-state index in [4.69, 9.17) is 5.26 Å². The topological polar surface area (TPSA) is 52.5 Å². The molecular formula is C17H13N3. The van der Waals surface area contributed by atoms with Gasteiger partial charge in [0.15, 0.2) is 0 Å². The van der Waals surface area contributed by atoms with Gasteiger partial charge in [0.25, 0.3) is 0 Å². The largest absolute Gasteiger partial charge is 0.346 e. The number of nitriles is 1. The number of H-pyrrole nitrogens is 1. The van der Waals surface area contributed by atoms with E-state index in [0.29, 0.717) is 5.57 Å². The smallest absolute Gasteiger partial charge is 0.137 e. The zero-order chi connectivity index (χ0) is 13.9. The molecule has 0 unspecified atom stereocenters. The average Bonchev–Trinajstić information content (AvgIpc) is 2.90. The van der Waals surface area contributed by atoms with Gasteiger partial charge >= 0.3 is 0 Å². The Hall–Kier alpha value is -2.86. The molecule has 0 atom stereocenters. The highest BCUT2D eigenvalue weighted by Crippen LogP contribution is 2.25. The Kier molecular flexibility index (Phi) is 3.06. The minimum Gasteiger partial charge on any atom is -0.346 e. The van der Waals surface area contributed by atoms with Crippen molar-refractivity contribution in [1.29, 1.82) is 5.26 Å². The van der Waals surface area contributed by atoms with E-state index < -0.39 is 0 Å². The molecule has 0 aliphatic heterocycles. The van der Waals surface area contributed by atoms with Crippen LogP contribution >= 0.6 is 0 Å². The molecule has 0 radical (unpaired) electrons. The third-order valence-electron chi connectivity index (χ3n) is 3.22. The molecule has 0 bridgehead atoms. The molecule has 2 aromatic heterocycles. The fourth-order valence-electron chi connectivity index (χ4n) is 2.20. The number of aromatic amines is 1. The molecule has 0 spiro atoms. The number of allylic oxidation sites excluding steroid dienone is 1. The van der Waals surface area contributed by atoms with Gasteiger partial charge in [-0.25, -0.2) is 4.98 Å². The van der Waals surface area contributed by atoms with Crippen LogP contribution in [0.2, 0.25) is 0 Å². The van der Waals surface area contributed by atoms with Gasteiger partial charge in [0.1, 0.15) is 5.65 Å². The molecule has 0 aliphatic carbocycles. The van der Waals surface area contributed by atoms with E-state index in [1.54, 1.807) is 6.92 Å². The SMILES string of the molecule is C/C(C#N)=C\c1c[nH]c2ncc(-c3ccccc3)cc12. The first kappa shape index (κ1) is 12.2. The second kappa shape index (κ2) is 5.02. The third-order valence-corrected chi connectivity index (χ3v) is 3.22. The van der Waals surface area contributed by atoms with Crippen molar-refractivity contribution in [1.82, 2.24) is 9.97 Å². The fraction of sp³-hybridized carbons (Fsp3) is 0.0588. The summed E-state index contributed by atoms with van der Waals surface area (Å²) in [6.07, 6.45) is 5.61. The van der Waals surface area contributed by atoms with Gasteiger partial charge in [0.2, 0.25) is 0 Å². The normalized spacial score (nSPS) is 11.5. The molecular weight excluding hydrogens is 246 g/mol. The van der Waals surface area contributed by atoms with Gasteiger partial charge in [-0.1, -0.05) is 30.3 Å². The van der Waals surface area contributed by atoms with Crippen molar-refractivity contribution in [2.45, 2.75) is 6.92 Å². The third kappa shape index (κ3) is 2.19. The maximum Gasteiger partial charge on any atom is 0.137 e. The number of fused-ring (bicyclic) bond motifs is 1. The summed E-state index contributed by atoms with van der Waals surface area (Å²) in [5.41, 5.74) is 4.71. The molecule has 0 fully saturated rings. The summed E-state index contributed by atoms with van der Waals surface area (Å²) in [5.74, 6) is 0. The van der Waals surface area contributed by atoms with Crippen LogP contribution in [0, 0.1) is 11.3 Å². The minimum atomic E-state index is 0.677. The summed E-state index contributed by atoms with van der Waals surface area (Å²) in [6, 6.07) is 14.4. The number of nitrogens with zero attached hydrogens (tertiary/aromatic N) is 2. The molecule has 0 saturated carbocycles. The zero-order valence-corrected chi connectivity index (χ0v) is 11.1. The van der Waals surface area contributed by atoms with Gasteiger partial charge in [0, 0.05) is 34.5 Å². The van der Waals surface area contributed by atoms with Gasteiger partial charge < -0.3 is 4.98 Å². The Morgan fingerprint density at radius 3 is 2.80 bits per heavy atom. The van der Waals surface area contributed by atoms with E-state index in [1.165, 1.54) is 0 Å². The molecule has 3 nitrogen and oxygen atoms in total. The van der Waals surface area contributed by atoms with Gasteiger partial charge in [-0.2, -0.15) is 5.26 Å². The summed E-state index contributed by atoms with van der Waals surface area (Å²) in [5, 5.41) is 9.92. The summed E-state index contributed by atoms with van der Waals surface area (Å²) in [7, 11) is 0. The van der Waals surface area contributed by atoms with Crippen molar-refractivity contribution in [3.8, 4) is 17.2 Å². The maximum absolute atomic E-state index is 8.89. The molecule has 3 aromatic rings. The summed E-state index contributed by atoms with van der Waals surface area (Å²) in [4.78, 5) is 7.57. The number of aromatic nitrogens is 2. The van der Waals surface area contributed by atoms with Crippen molar-refractivity contribution >= 4 is 17.1 Å². The zero-order valence-electron chi connectivity index (χ0n) is 11.1. The van der Waals surface area contributed by atoms with E-state index >= 15 is 0 Å². The predicted molar refractivity (Wildman–Crippen MR) is 80.8 cm³/mol. The Labute approximate surface area is 117 Å². The molecule has 0 aliphatic rings. The predicted octanol–water partition coefficient (Wildman–Crippen LogP) is 4.16. The number of rotatable bonds is 2. The molecule has 96 valence electrons. The Morgan fingerprint density at radius 2 is 2.05 bits per heavy atom. The van der Waals surface area contributed by atoms with Gasteiger partial charge in [-0.05, 0) is 24.6 Å². The molecule has 0 amide bonds. The van der Waals surface area contributed by atoms with Gasteiger partial charge in [-0.15, -0.1) is 0 Å². The maximum atomic E-state index is 8.89. The standard InChI is InChI=1S/C17H13N3/c1-12(9-18)7-15-11-20-17-16(15)8-14(10-19-17)13-5-3-2-4-6-13/h2-8,10-11H,1H3,(H,19,20)/b12-7+. The number of hydrogen-bond acceptors (Lipinski definition) is 2. The van der Waals surface area contributed by atoms with Crippen LogP contribution in [0.15, 0.2) is 54.4 Å². The van der Waals surface area contributed by atoms with Crippen LogP contribution in [-0.4, -0.2) is 9.97 Å². The van der Waals surface area contributed by atoms with Crippen molar-refractivity contribution in [2.24, 2.45) is 0 Å². The van der Waals surface area contributed by atoms with E-state index in [2.05, 4.69) is 34.2 Å². The highest BCUT2D eigenvalue weighted by Gasteiger charge is 2.05. The number of hydrogen-bond donors (Lipinski definition) is 1. The summed E-state index contributed by atoms with van der Waals surface area (Å²) < 4.78 is 0. The first-order valence-electron chi connectivity index (χ1n) is 6.39. The van der Waals surface area contributed by atoms with E-state index in [1.807, 2.05) is 36.7 Å². The quantitative estimate of drug-likeness (QED) is 0.702. The Bertz CT molecular complexity index is 820. The van der Waals surface area contributed by atoms with Crippen molar-refractivity contribution in [3.63, 3.8) is 0 Å². The Morgan fingerprint density at radius 1 is 1.25 bits per heavy atom. The lowest BCUT2D eigenvalue weighted by Gasteiger charge is -2.01. The highest BCUT2D eigenvalue weighted by molar-refractivity contribution is 5.90. The lowest BCUT2D eigenvalue weighted by atomic mass is 10.1. The van der Waals surface area contributed by atoms with E-state index in [9.17, 15) is 0 Å².